The lowest BCUT2D eigenvalue weighted by atomic mass is 9.80. The number of hydrogen-bond donors (Lipinski definition) is 6. The van der Waals surface area contributed by atoms with Gasteiger partial charge in [-0.3, -0.25) is 28.9 Å². The zero-order valence-electron chi connectivity index (χ0n) is 15.1. The first kappa shape index (κ1) is 24.0. The summed E-state index contributed by atoms with van der Waals surface area (Å²) >= 11 is 0. The van der Waals surface area contributed by atoms with E-state index in [0.29, 0.717) is 0 Å². The zero-order chi connectivity index (χ0) is 23.2. The van der Waals surface area contributed by atoms with Gasteiger partial charge in [0.15, 0.2) is 0 Å². The molecule has 0 aliphatic heterocycles. The van der Waals surface area contributed by atoms with Crippen LogP contribution in [0, 0.1) is 0 Å². The molecule has 0 radical (unpaired) electrons. The molecule has 1 aromatic carbocycles. The molecule has 6 N–H and O–H groups in total. The molecule has 30 heavy (non-hydrogen) atoms. The average Bonchev–Trinajstić information content (AvgIpc) is 2.58. The summed E-state index contributed by atoms with van der Waals surface area (Å²) in [6, 6.07) is 0. The van der Waals surface area contributed by atoms with Gasteiger partial charge in [-0.15, -0.1) is 0 Å². The minimum absolute atomic E-state index is 0.436. The lowest BCUT2D eigenvalue weighted by Gasteiger charge is -2.23. The van der Waals surface area contributed by atoms with E-state index in [9.17, 15) is 54.3 Å². The summed E-state index contributed by atoms with van der Waals surface area (Å²) in [4.78, 5) is 72.3. The number of carboxylic acid groups (broad SMARTS) is 5. The predicted octanol–water partition coefficient (Wildman–Crippen LogP) is -0.548. The third-order valence-electron chi connectivity index (χ3n) is 3.99. The topological polar surface area (TPSA) is 233 Å². The molecule has 13 nitrogen and oxygen atoms in total. The Morgan fingerprint density at radius 1 is 0.500 bits per heavy atom. The molecule has 1 rings (SSSR count). The van der Waals surface area contributed by atoms with Crippen molar-refractivity contribution in [1.82, 2.24) is 0 Å². The maximum Gasteiger partial charge on any atom is 0.373 e. The second-order valence-electron chi connectivity index (χ2n) is 6.00. The summed E-state index contributed by atoms with van der Waals surface area (Å²) in [6.07, 6.45) is -5.09. The van der Waals surface area contributed by atoms with Gasteiger partial charge >= 0.3 is 35.8 Å². The van der Waals surface area contributed by atoms with E-state index in [4.69, 9.17) is 5.26 Å². The van der Waals surface area contributed by atoms with E-state index in [0.717, 1.165) is 0 Å². The highest BCUT2D eigenvalue weighted by molar-refractivity contribution is 5.97. The van der Waals surface area contributed by atoms with Crippen LogP contribution in [0.3, 0.4) is 0 Å². The van der Waals surface area contributed by atoms with Crippen LogP contribution in [-0.4, -0.2) is 66.6 Å². The zero-order valence-corrected chi connectivity index (χ0v) is 15.1. The van der Waals surface area contributed by atoms with Gasteiger partial charge in [-0.2, -0.15) is 5.26 Å². The second kappa shape index (κ2) is 9.97. The molecule has 0 saturated heterocycles. The van der Waals surface area contributed by atoms with E-state index in [1.807, 2.05) is 0 Å². The Hall–Kier alpha value is -4.00. The van der Waals surface area contributed by atoms with Gasteiger partial charge in [0.2, 0.25) is 0 Å². The van der Waals surface area contributed by atoms with Crippen LogP contribution in [0.4, 0.5) is 0 Å². The van der Waals surface area contributed by atoms with E-state index in [2.05, 4.69) is 4.89 Å². The van der Waals surface area contributed by atoms with Crippen molar-refractivity contribution < 1.29 is 64.4 Å². The third kappa shape index (κ3) is 6.00. The van der Waals surface area contributed by atoms with Gasteiger partial charge in [0.1, 0.15) is 0 Å². The molecule has 0 saturated carbocycles. The van der Waals surface area contributed by atoms with Crippen LogP contribution in [0.5, 0.6) is 0 Å². The van der Waals surface area contributed by atoms with Crippen molar-refractivity contribution in [2.24, 2.45) is 0 Å². The molecule has 0 unspecified atom stereocenters. The van der Waals surface area contributed by atoms with Crippen molar-refractivity contribution in [2.45, 2.75) is 32.1 Å². The summed E-state index contributed by atoms with van der Waals surface area (Å²) in [6.45, 7) is 0. The second-order valence-corrected chi connectivity index (χ2v) is 6.00. The van der Waals surface area contributed by atoms with Crippen molar-refractivity contribution in [3.05, 3.63) is 33.4 Å². The Bertz CT molecular complexity index is 871. The minimum Gasteiger partial charge on any atom is -0.481 e. The molecule has 0 aromatic heterocycles. The Labute approximate surface area is 166 Å². The van der Waals surface area contributed by atoms with Gasteiger partial charge in [-0.1, -0.05) is 0 Å². The van der Waals surface area contributed by atoms with E-state index in [-0.39, 0.29) is 0 Å². The summed E-state index contributed by atoms with van der Waals surface area (Å²) in [5, 5.41) is 54.7. The molecule has 0 fully saturated rings. The van der Waals surface area contributed by atoms with E-state index in [1.165, 1.54) is 0 Å². The van der Waals surface area contributed by atoms with E-state index >= 15 is 0 Å². The molecule has 0 atom stereocenters. The molecule has 162 valence electrons. The molecule has 0 aliphatic carbocycles. The van der Waals surface area contributed by atoms with Crippen LogP contribution in [0.15, 0.2) is 0 Å². The minimum atomic E-state index is -1.65. The van der Waals surface area contributed by atoms with Crippen LogP contribution in [0.2, 0.25) is 0 Å². The normalized spacial score (nSPS) is 10.3. The quantitative estimate of drug-likeness (QED) is 0.192. The van der Waals surface area contributed by atoms with Gasteiger partial charge in [-0.05, 0) is 27.8 Å². The summed E-state index contributed by atoms with van der Waals surface area (Å²) in [7, 11) is 0. The van der Waals surface area contributed by atoms with Crippen molar-refractivity contribution in [3.8, 4) is 0 Å². The van der Waals surface area contributed by atoms with Crippen LogP contribution < -0.4 is 0 Å². The SMILES string of the molecule is O=C(O)Cc1c(CC(=O)O)c(CC(=O)O)c(C(=O)OO)c(CC(=O)O)c1CC(=O)O. The monoisotopic (exact) mass is 428 g/mol. The Morgan fingerprint density at radius 2 is 0.733 bits per heavy atom. The number of rotatable bonds is 11. The lowest BCUT2D eigenvalue weighted by Crippen LogP contribution is -2.25. The van der Waals surface area contributed by atoms with Crippen molar-refractivity contribution >= 4 is 35.8 Å². The maximum absolute atomic E-state index is 12.2. The third-order valence-corrected chi connectivity index (χ3v) is 3.99. The van der Waals surface area contributed by atoms with E-state index < -0.39 is 101 Å². The van der Waals surface area contributed by atoms with Crippen LogP contribution in [0.25, 0.3) is 0 Å². The van der Waals surface area contributed by atoms with Gasteiger partial charge in [0, 0.05) is 0 Å². The van der Waals surface area contributed by atoms with Crippen molar-refractivity contribution in [2.75, 3.05) is 0 Å². The van der Waals surface area contributed by atoms with Crippen molar-refractivity contribution in [1.29, 1.82) is 0 Å². The molecule has 0 spiro atoms. The maximum atomic E-state index is 12.2. The number of benzene rings is 1. The number of carboxylic acids is 5. The van der Waals surface area contributed by atoms with E-state index in [1.54, 1.807) is 0 Å². The lowest BCUT2D eigenvalue weighted by molar-refractivity contribution is -0.183. The average molecular weight is 428 g/mol. The fourth-order valence-electron chi connectivity index (χ4n) is 3.11. The van der Waals surface area contributed by atoms with Gasteiger partial charge in [0.25, 0.3) is 0 Å². The number of carbonyl (C=O) groups excluding carboxylic acids is 1. The van der Waals surface area contributed by atoms with Crippen molar-refractivity contribution in [3.63, 3.8) is 0 Å². The highest BCUT2D eigenvalue weighted by Gasteiger charge is 2.32. The van der Waals surface area contributed by atoms with Gasteiger partial charge in [-0.25, -0.2) is 4.79 Å². The Kier molecular flexibility index (Phi) is 7.99. The molecule has 1 aromatic rings. The first-order valence-corrected chi connectivity index (χ1v) is 8.02. The summed E-state index contributed by atoms with van der Waals surface area (Å²) < 4.78 is 0. The Morgan fingerprint density at radius 3 is 0.967 bits per heavy atom. The van der Waals surface area contributed by atoms with Gasteiger partial charge in [0.05, 0.1) is 37.7 Å². The molecular weight excluding hydrogens is 412 g/mol. The van der Waals surface area contributed by atoms with Crippen LogP contribution in [0.1, 0.15) is 38.2 Å². The molecule has 13 heteroatoms. The van der Waals surface area contributed by atoms with Crippen LogP contribution >= 0.6 is 0 Å². The summed E-state index contributed by atoms with van der Waals surface area (Å²) in [5.74, 6) is -9.52. The highest BCUT2D eigenvalue weighted by atomic mass is 17.1. The first-order valence-electron chi connectivity index (χ1n) is 8.02. The Balaban J connectivity index is 4.26. The number of carbonyl (C=O) groups is 6. The largest absolute Gasteiger partial charge is 0.481 e. The number of aliphatic carboxylic acids is 5. The molecule has 0 amide bonds. The molecule has 0 aliphatic rings. The standard InChI is InChI=1S/C17H16O13/c18-11(19)1-6-7(2-12(20)21)9(4-14(24)25)16(17(28)30-29)10(5-15(26)27)8(6)3-13(22)23/h29H,1-5H2,(H,18,19)(H,20,21)(H,22,23)(H,24,25)(H,26,27). The predicted molar refractivity (Wildman–Crippen MR) is 91.2 cm³/mol. The number of hydrogen-bond acceptors (Lipinski definition) is 8. The molecule has 0 heterocycles. The molecular formula is C17H16O13. The highest BCUT2D eigenvalue weighted by Crippen LogP contribution is 2.32. The fraction of sp³-hybridized carbons (Fsp3) is 0.294. The summed E-state index contributed by atoms with van der Waals surface area (Å²) in [5.41, 5.74) is -3.44. The van der Waals surface area contributed by atoms with Gasteiger partial charge < -0.3 is 25.5 Å². The molecule has 0 bridgehead atoms. The smallest absolute Gasteiger partial charge is 0.373 e. The fourth-order valence-corrected chi connectivity index (χ4v) is 3.11. The first-order chi connectivity index (χ1) is 13.9. The van der Waals surface area contributed by atoms with Crippen LogP contribution in [-0.2, 0) is 61.0 Å².